The molecule has 0 aromatic heterocycles. The van der Waals surface area contributed by atoms with Crippen molar-refractivity contribution in [3.63, 3.8) is 0 Å². The molecule has 0 aliphatic carbocycles. The van der Waals surface area contributed by atoms with E-state index in [1.807, 2.05) is 30.3 Å². The molecule has 1 unspecified atom stereocenters. The van der Waals surface area contributed by atoms with Crippen molar-refractivity contribution in [2.75, 3.05) is 0 Å². The predicted octanol–water partition coefficient (Wildman–Crippen LogP) is 0.869. The summed E-state index contributed by atoms with van der Waals surface area (Å²) in [5.41, 5.74) is 6.55. The van der Waals surface area contributed by atoms with Gasteiger partial charge in [0.05, 0.1) is 12.7 Å². The van der Waals surface area contributed by atoms with Gasteiger partial charge in [0, 0.05) is 0 Å². The number of aliphatic hydroxyl groups is 1. The van der Waals surface area contributed by atoms with Crippen molar-refractivity contribution in [3.05, 3.63) is 35.9 Å². The van der Waals surface area contributed by atoms with Crippen LogP contribution in [0.2, 0.25) is 0 Å². The first-order valence-corrected chi connectivity index (χ1v) is 4.29. The molecule has 0 heterocycles. The molecule has 0 saturated heterocycles. The minimum Gasteiger partial charge on any atom is -0.389 e. The van der Waals surface area contributed by atoms with E-state index in [9.17, 15) is 0 Å². The zero-order chi connectivity index (χ0) is 9.68. The third-order valence-electron chi connectivity index (χ3n) is 1.76. The summed E-state index contributed by atoms with van der Waals surface area (Å²) in [5, 5.41) is 9.05. The molecule has 0 fully saturated rings. The molecule has 0 spiro atoms. The molecule has 3 nitrogen and oxygen atoms in total. The van der Waals surface area contributed by atoms with E-state index in [-0.39, 0.29) is 0 Å². The van der Waals surface area contributed by atoms with E-state index >= 15 is 0 Å². The van der Waals surface area contributed by atoms with Crippen molar-refractivity contribution in [2.24, 2.45) is 5.73 Å². The molecule has 3 heteroatoms. The highest BCUT2D eigenvalue weighted by Crippen LogP contribution is 2.02. The second-order valence-electron chi connectivity index (χ2n) is 3.00. The van der Waals surface area contributed by atoms with Crippen LogP contribution in [-0.2, 0) is 11.3 Å². The van der Waals surface area contributed by atoms with Crippen molar-refractivity contribution in [1.29, 1.82) is 0 Å². The van der Waals surface area contributed by atoms with Gasteiger partial charge < -0.3 is 15.6 Å². The molecule has 0 amide bonds. The Balaban J connectivity index is 2.35. The van der Waals surface area contributed by atoms with Crippen molar-refractivity contribution >= 4 is 0 Å². The summed E-state index contributed by atoms with van der Waals surface area (Å²) in [6.07, 6.45) is -1.25. The molecule has 1 rings (SSSR count). The van der Waals surface area contributed by atoms with E-state index in [0.29, 0.717) is 6.61 Å². The van der Waals surface area contributed by atoms with Crippen LogP contribution in [0.1, 0.15) is 12.5 Å². The van der Waals surface area contributed by atoms with E-state index in [1.165, 1.54) is 0 Å². The van der Waals surface area contributed by atoms with Gasteiger partial charge in [-0.1, -0.05) is 30.3 Å². The monoisotopic (exact) mass is 181 g/mol. The number of aliphatic hydroxyl groups excluding tert-OH is 1. The maximum Gasteiger partial charge on any atom is 0.132 e. The van der Waals surface area contributed by atoms with Gasteiger partial charge in [-0.2, -0.15) is 0 Å². The molecule has 0 aliphatic rings. The van der Waals surface area contributed by atoms with Crippen molar-refractivity contribution in [2.45, 2.75) is 25.9 Å². The summed E-state index contributed by atoms with van der Waals surface area (Å²) in [5.74, 6) is 0. The van der Waals surface area contributed by atoms with E-state index < -0.39 is 12.3 Å². The first-order chi connectivity index (χ1) is 6.20. The largest absolute Gasteiger partial charge is 0.389 e. The van der Waals surface area contributed by atoms with E-state index in [4.69, 9.17) is 15.6 Å². The average Bonchev–Trinajstić information content (AvgIpc) is 2.15. The fourth-order valence-corrected chi connectivity index (χ4v) is 0.906. The molecule has 3 N–H and O–H groups in total. The highest BCUT2D eigenvalue weighted by molar-refractivity contribution is 5.13. The van der Waals surface area contributed by atoms with Crippen LogP contribution in [-0.4, -0.2) is 17.4 Å². The van der Waals surface area contributed by atoms with Gasteiger partial charge in [0.15, 0.2) is 0 Å². The average molecular weight is 181 g/mol. The molecule has 1 aromatic rings. The van der Waals surface area contributed by atoms with Gasteiger partial charge >= 0.3 is 0 Å². The van der Waals surface area contributed by atoms with Gasteiger partial charge in [0.1, 0.15) is 6.23 Å². The van der Waals surface area contributed by atoms with Gasteiger partial charge in [-0.25, -0.2) is 0 Å². The minimum absolute atomic E-state index is 0.437. The van der Waals surface area contributed by atoms with Gasteiger partial charge in [-0.3, -0.25) is 0 Å². The van der Waals surface area contributed by atoms with Gasteiger partial charge in [0.2, 0.25) is 0 Å². The predicted molar refractivity (Wildman–Crippen MR) is 50.9 cm³/mol. The lowest BCUT2D eigenvalue weighted by molar-refractivity contribution is -0.0340. The zero-order valence-corrected chi connectivity index (χ0v) is 7.68. The van der Waals surface area contributed by atoms with Crippen molar-refractivity contribution < 1.29 is 9.84 Å². The van der Waals surface area contributed by atoms with Crippen LogP contribution in [0.5, 0.6) is 0 Å². The molecular formula is C10H15NO2. The third kappa shape index (κ3) is 3.55. The maximum absolute atomic E-state index is 9.05. The molecular weight excluding hydrogens is 166 g/mol. The Morgan fingerprint density at radius 1 is 1.38 bits per heavy atom. The van der Waals surface area contributed by atoms with E-state index in [0.717, 1.165) is 5.56 Å². The second kappa shape index (κ2) is 4.97. The van der Waals surface area contributed by atoms with Crippen molar-refractivity contribution in [3.8, 4) is 0 Å². The Morgan fingerprint density at radius 2 is 2.00 bits per heavy atom. The summed E-state index contributed by atoms with van der Waals surface area (Å²) in [7, 11) is 0. The van der Waals surface area contributed by atoms with E-state index in [1.54, 1.807) is 6.92 Å². The van der Waals surface area contributed by atoms with Crippen LogP contribution in [0, 0.1) is 0 Å². The fourth-order valence-electron chi connectivity index (χ4n) is 0.906. The number of benzene rings is 1. The highest BCUT2D eigenvalue weighted by Gasteiger charge is 2.08. The Hall–Kier alpha value is -0.900. The van der Waals surface area contributed by atoms with Crippen LogP contribution >= 0.6 is 0 Å². The quantitative estimate of drug-likeness (QED) is 0.678. The highest BCUT2D eigenvalue weighted by atomic mass is 16.5. The molecule has 72 valence electrons. The summed E-state index contributed by atoms with van der Waals surface area (Å²) < 4.78 is 5.22. The Bertz CT molecular complexity index is 236. The van der Waals surface area contributed by atoms with Crippen LogP contribution in [0.25, 0.3) is 0 Å². The Morgan fingerprint density at radius 3 is 2.54 bits per heavy atom. The molecule has 0 radical (unpaired) electrons. The first-order valence-electron chi connectivity index (χ1n) is 4.29. The van der Waals surface area contributed by atoms with E-state index in [2.05, 4.69) is 0 Å². The Labute approximate surface area is 78.1 Å². The summed E-state index contributed by atoms with van der Waals surface area (Å²) in [6, 6.07) is 9.72. The van der Waals surface area contributed by atoms with Gasteiger partial charge in [-0.15, -0.1) is 0 Å². The zero-order valence-electron chi connectivity index (χ0n) is 7.68. The summed E-state index contributed by atoms with van der Waals surface area (Å²) >= 11 is 0. The third-order valence-corrected chi connectivity index (χ3v) is 1.76. The normalized spacial score (nSPS) is 15.3. The molecule has 1 aromatic carbocycles. The number of nitrogens with two attached hydrogens (primary N) is 1. The molecule has 0 bridgehead atoms. The second-order valence-corrected chi connectivity index (χ2v) is 3.00. The lowest BCUT2D eigenvalue weighted by atomic mass is 10.2. The summed E-state index contributed by atoms with van der Waals surface area (Å²) in [6.45, 7) is 2.04. The smallest absolute Gasteiger partial charge is 0.132 e. The van der Waals surface area contributed by atoms with Crippen LogP contribution < -0.4 is 5.73 Å². The fraction of sp³-hybridized carbons (Fsp3) is 0.400. The van der Waals surface area contributed by atoms with Crippen LogP contribution in [0.3, 0.4) is 0 Å². The van der Waals surface area contributed by atoms with Crippen molar-refractivity contribution in [1.82, 2.24) is 0 Å². The summed E-state index contributed by atoms with van der Waals surface area (Å²) in [4.78, 5) is 0. The number of ether oxygens (including phenoxy) is 1. The minimum atomic E-state index is -0.635. The first kappa shape index (κ1) is 10.2. The van der Waals surface area contributed by atoms with Crippen LogP contribution in [0.15, 0.2) is 30.3 Å². The van der Waals surface area contributed by atoms with Gasteiger partial charge in [-0.05, 0) is 12.5 Å². The molecule has 13 heavy (non-hydrogen) atoms. The lowest BCUT2D eigenvalue weighted by Gasteiger charge is -2.15. The molecule has 0 aliphatic heterocycles. The lowest BCUT2D eigenvalue weighted by Crippen LogP contribution is -2.34. The molecule has 0 saturated carbocycles. The SMILES string of the molecule is C[C@H](O)C(N)OCc1ccccc1. The van der Waals surface area contributed by atoms with Gasteiger partial charge in [0.25, 0.3) is 0 Å². The van der Waals surface area contributed by atoms with Crippen LogP contribution in [0.4, 0.5) is 0 Å². The Kier molecular flexibility index (Phi) is 3.89. The molecule has 2 atom stereocenters. The standard InChI is InChI=1S/C10H15NO2/c1-8(12)10(11)13-7-9-5-3-2-4-6-9/h2-6,8,10,12H,7,11H2,1H3/t8-,10?/m0/s1. The number of hydrogen-bond acceptors (Lipinski definition) is 3. The maximum atomic E-state index is 9.05. The number of rotatable bonds is 4. The topological polar surface area (TPSA) is 55.5 Å². The number of hydrogen-bond donors (Lipinski definition) is 2.